The minimum absolute atomic E-state index is 0.193. The summed E-state index contributed by atoms with van der Waals surface area (Å²) in [5.41, 5.74) is 0. The van der Waals surface area contributed by atoms with Gasteiger partial charge in [-0.25, -0.2) is 0 Å². The quantitative estimate of drug-likeness (QED) is 0.236. The molecule has 0 bridgehead atoms. The Labute approximate surface area is 210 Å². The molecule has 0 N–H and O–H groups in total. The van der Waals surface area contributed by atoms with Crippen LogP contribution in [0.4, 0.5) is 0 Å². The summed E-state index contributed by atoms with van der Waals surface area (Å²) in [6, 6.07) is 0. The predicted octanol–water partition coefficient (Wildman–Crippen LogP) is 1.57. The van der Waals surface area contributed by atoms with Gasteiger partial charge < -0.3 is 37.9 Å². The standard InChI is InChI=1S/C24H36O12/c1-13-23(35-17(5)27)19(33-15(3)25)11-21(31-13)29-9-7-8-10-30-22-12-20(34-16(4)26)24(14(2)32-22)36-18(6)28/h7-8,13-14,19-24H,9-12H2,1-6H3/b8-7-/t13-,14-,19-,20-,21-,22-,23+,24+/m0/s1. The van der Waals surface area contributed by atoms with Gasteiger partial charge in [-0.3, -0.25) is 19.2 Å². The lowest BCUT2D eigenvalue weighted by molar-refractivity contribution is -0.253. The topological polar surface area (TPSA) is 142 Å². The summed E-state index contributed by atoms with van der Waals surface area (Å²) in [6.07, 6.45) is -1.31. The van der Waals surface area contributed by atoms with E-state index in [-0.39, 0.29) is 26.1 Å². The maximum Gasteiger partial charge on any atom is 0.303 e. The van der Waals surface area contributed by atoms with Crippen molar-refractivity contribution >= 4 is 23.9 Å². The molecule has 0 aromatic rings. The van der Waals surface area contributed by atoms with E-state index in [1.807, 2.05) is 0 Å². The molecule has 0 spiro atoms. The molecule has 2 aliphatic heterocycles. The Hall–Kier alpha value is -2.54. The second-order valence-electron chi connectivity index (χ2n) is 8.59. The Morgan fingerprint density at radius 2 is 0.972 bits per heavy atom. The Kier molecular flexibility index (Phi) is 11.8. The number of hydrogen-bond donors (Lipinski definition) is 0. The smallest absolute Gasteiger partial charge is 0.303 e. The van der Waals surface area contributed by atoms with E-state index in [2.05, 4.69) is 0 Å². The van der Waals surface area contributed by atoms with Crippen LogP contribution < -0.4 is 0 Å². The molecule has 2 heterocycles. The van der Waals surface area contributed by atoms with E-state index in [1.165, 1.54) is 27.7 Å². The monoisotopic (exact) mass is 516 g/mol. The highest BCUT2D eigenvalue weighted by Gasteiger charge is 2.42. The molecule has 36 heavy (non-hydrogen) atoms. The van der Waals surface area contributed by atoms with Crippen LogP contribution in [0.5, 0.6) is 0 Å². The lowest BCUT2D eigenvalue weighted by atomic mass is 10.0. The lowest BCUT2D eigenvalue weighted by Gasteiger charge is -2.38. The van der Waals surface area contributed by atoms with Crippen molar-refractivity contribution in [2.75, 3.05) is 13.2 Å². The number of hydrogen-bond acceptors (Lipinski definition) is 12. The molecule has 8 atom stereocenters. The molecule has 12 nitrogen and oxygen atoms in total. The molecule has 2 rings (SSSR count). The molecule has 0 saturated carbocycles. The molecular weight excluding hydrogens is 480 g/mol. The first-order valence-corrected chi connectivity index (χ1v) is 11.8. The fourth-order valence-electron chi connectivity index (χ4n) is 4.06. The van der Waals surface area contributed by atoms with Crippen LogP contribution in [0.3, 0.4) is 0 Å². The maximum atomic E-state index is 11.5. The molecule has 2 fully saturated rings. The molecule has 0 aromatic carbocycles. The van der Waals surface area contributed by atoms with Crippen LogP contribution >= 0.6 is 0 Å². The van der Waals surface area contributed by atoms with Crippen LogP contribution in [0.2, 0.25) is 0 Å². The Morgan fingerprint density at radius 3 is 1.28 bits per heavy atom. The average molecular weight is 517 g/mol. The molecule has 0 radical (unpaired) electrons. The molecule has 0 amide bonds. The third kappa shape index (κ3) is 9.84. The zero-order chi connectivity index (χ0) is 26.8. The molecule has 2 aliphatic rings. The summed E-state index contributed by atoms with van der Waals surface area (Å²) in [5, 5.41) is 0. The van der Waals surface area contributed by atoms with Gasteiger partial charge in [0.25, 0.3) is 0 Å². The highest BCUT2D eigenvalue weighted by Crippen LogP contribution is 2.27. The third-order valence-corrected chi connectivity index (χ3v) is 5.40. The molecule has 0 aliphatic carbocycles. The van der Waals surface area contributed by atoms with Gasteiger partial charge in [0.15, 0.2) is 24.8 Å². The summed E-state index contributed by atoms with van der Waals surface area (Å²) in [7, 11) is 0. The highest BCUT2D eigenvalue weighted by molar-refractivity contribution is 5.68. The highest BCUT2D eigenvalue weighted by atomic mass is 16.7. The van der Waals surface area contributed by atoms with Gasteiger partial charge in [0, 0.05) is 40.5 Å². The Balaban J connectivity index is 1.80. The van der Waals surface area contributed by atoms with E-state index < -0.39 is 73.1 Å². The van der Waals surface area contributed by atoms with Crippen molar-refractivity contribution in [2.45, 2.75) is 104 Å². The molecule has 204 valence electrons. The minimum atomic E-state index is -0.718. The maximum absolute atomic E-state index is 11.5. The largest absolute Gasteiger partial charge is 0.458 e. The first-order chi connectivity index (χ1) is 17.0. The van der Waals surface area contributed by atoms with Gasteiger partial charge in [0.05, 0.1) is 25.4 Å². The van der Waals surface area contributed by atoms with Crippen LogP contribution in [0.1, 0.15) is 54.4 Å². The van der Waals surface area contributed by atoms with Gasteiger partial charge in [-0.15, -0.1) is 0 Å². The van der Waals surface area contributed by atoms with Gasteiger partial charge in [0.2, 0.25) is 0 Å². The van der Waals surface area contributed by atoms with Gasteiger partial charge in [-0.1, -0.05) is 12.2 Å². The zero-order valence-corrected chi connectivity index (χ0v) is 21.5. The fraction of sp³-hybridized carbons (Fsp3) is 0.750. The van der Waals surface area contributed by atoms with Crippen molar-refractivity contribution in [1.82, 2.24) is 0 Å². The second kappa shape index (κ2) is 14.3. The number of carbonyl (C=O) groups is 4. The normalized spacial score (nSPS) is 32.5. The van der Waals surface area contributed by atoms with E-state index in [4.69, 9.17) is 37.9 Å². The Morgan fingerprint density at radius 1 is 0.639 bits per heavy atom. The lowest BCUT2D eigenvalue weighted by Crippen LogP contribution is -2.51. The van der Waals surface area contributed by atoms with Crippen molar-refractivity contribution in [3.8, 4) is 0 Å². The van der Waals surface area contributed by atoms with Crippen molar-refractivity contribution in [1.29, 1.82) is 0 Å². The number of carbonyl (C=O) groups excluding carboxylic acids is 4. The van der Waals surface area contributed by atoms with Gasteiger partial charge in [-0.05, 0) is 13.8 Å². The molecule has 12 heteroatoms. The number of ether oxygens (including phenoxy) is 8. The van der Waals surface area contributed by atoms with E-state index in [0.29, 0.717) is 0 Å². The van der Waals surface area contributed by atoms with Gasteiger partial charge >= 0.3 is 23.9 Å². The molecular formula is C24H36O12. The minimum Gasteiger partial charge on any atom is -0.458 e. The summed E-state index contributed by atoms with van der Waals surface area (Å²) in [4.78, 5) is 45.7. The van der Waals surface area contributed by atoms with Crippen LogP contribution in [0.15, 0.2) is 12.2 Å². The molecule has 2 saturated heterocycles. The van der Waals surface area contributed by atoms with Crippen molar-refractivity contribution in [2.24, 2.45) is 0 Å². The summed E-state index contributed by atoms with van der Waals surface area (Å²) >= 11 is 0. The fourth-order valence-corrected chi connectivity index (χ4v) is 4.06. The summed E-state index contributed by atoms with van der Waals surface area (Å²) < 4.78 is 44.0. The number of rotatable bonds is 10. The van der Waals surface area contributed by atoms with Crippen LogP contribution in [-0.2, 0) is 57.1 Å². The van der Waals surface area contributed by atoms with Crippen molar-refractivity contribution < 1.29 is 57.1 Å². The Bertz CT molecular complexity index is 732. The molecule has 0 unspecified atom stereocenters. The van der Waals surface area contributed by atoms with E-state index in [1.54, 1.807) is 26.0 Å². The van der Waals surface area contributed by atoms with Crippen molar-refractivity contribution in [3.63, 3.8) is 0 Å². The predicted molar refractivity (Wildman–Crippen MR) is 121 cm³/mol. The third-order valence-electron chi connectivity index (χ3n) is 5.40. The first-order valence-electron chi connectivity index (χ1n) is 11.8. The van der Waals surface area contributed by atoms with Crippen LogP contribution in [0.25, 0.3) is 0 Å². The second-order valence-corrected chi connectivity index (χ2v) is 8.59. The van der Waals surface area contributed by atoms with E-state index in [9.17, 15) is 19.2 Å². The number of esters is 4. The van der Waals surface area contributed by atoms with Crippen molar-refractivity contribution in [3.05, 3.63) is 12.2 Å². The summed E-state index contributed by atoms with van der Waals surface area (Å²) in [5.74, 6) is -1.97. The van der Waals surface area contributed by atoms with Gasteiger partial charge in [-0.2, -0.15) is 0 Å². The molecule has 0 aromatic heterocycles. The van der Waals surface area contributed by atoms with Crippen LogP contribution in [-0.4, -0.2) is 86.3 Å². The summed E-state index contributed by atoms with van der Waals surface area (Å²) in [6.45, 7) is 8.93. The zero-order valence-electron chi connectivity index (χ0n) is 21.5. The van der Waals surface area contributed by atoms with Crippen LogP contribution in [0, 0.1) is 0 Å². The van der Waals surface area contributed by atoms with E-state index >= 15 is 0 Å². The first kappa shape index (κ1) is 29.7. The van der Waals surface area contributed by atoms with E-state index in [0.717, 1.165) is 0 Å². The van der Waals surface area contributed by atoms with Gasteiger partial charge in [0.1, 0.15) is 12.2 Å². The average Bonchev–Trinajstić information content (AvgIpc) is 2.74. The SMILES string of the molecule is CC(=O)O[C@@H]1[C@H](C)O[C@H](OC/C=C\CO[C@@H]2C[C@H](OC(C)=O)[C@H](OC(C)=O)[C@H](C)O2)C[C@@H]1OC(C)=O.